The summed E-state index contributed by atoms with van der Waals surface area (Å²) in [6, 6.07) is 16.8. The van der Waals surface area contributed by atoms with Crippen LogP contribution in [0.1, 0.15) is 36.8 Å². The van der Waals surface area contributed by atoms with Crippen molar-refractivity contribution >= 4 is 23.3 Å². The summed E-state index contributed by atoms with van der Waals surface area (Å²) in [5, 5.41) is 12.5. The minimum atomic E-state index is -1.29. The molecule has 2 heterocycles. The van der Waals surface area contributed by atoms with Gasteiger partial charge in [-0.3, -0.25) is 9.59 Å². The van der Waals surface area contributed by atoms with Gasteiger partial charge in [-0.2, -0.15) is 0 Å². The summed E-state index contributed by atoms with van der Waals surface area (Å²) >= 11 is 0. The Balaban J connectivity index is 1.59. The molecule has 28 heavy (non-hydrogen) atoms. The number of hydrogen-bond donors (Lipinski definition) is 2. The normalized spacial score (nSPS) is 21.3. The third-order valence-electron chi connectivity index (χ3n) is 6.12. The Hall–Kier alpha value is -2.82. The van der Waals surface area contributed by atoms with E-state index >= 15 is 0 Å². The lowest BCUT2D eigenvalue weighted by Crippen LogP contribution is -2.50. The van der Waals surface area contributed by atoms with Gasteiger partial charge in [0.25, 0.3) is 0 Å². The summed E-state index contributed by atoms with van der Waals surface area (Å²) in [6.45, 7) is 1.26. The van der Waals surface area contributed by atoms with Crippen molar-refractivity contribution in [1.82, 2.24) is 5.32 Å². The number of aliphatic carboxylic acids is 1. The van der Waals surface area contributed by atoms with E-state index in [2.05, 4.69) is 46.6 Å². The quantitative estimate of drug-likeness (QED) is 0.779. The summed E-state index contributed by atoms with van der Waals surface area (Å²) < 4.78 is 0. The number of aryl methyl sites for hydroxylation is 2. The number of piperidine rings is 1. The molecule has 1 fully saturated rings. The fourth-order valence-corrected chi connectivity index (χ4v) is 4.57. The molecule has 4 rings (SSSR count). The highest BCUT2D eigenvalue weighted by atomic mass is 16.4. The summed E-state index contributed by atoms with van der Waals surface area (Å²) in [4.78, 5) is 26.6. The number of hydrogen-bond acceptors (Lipinski definition) is 3. The fraction of sp³-hybridized carbons (Fsp3) is 0.391. The van der Waals surface area contributed by atoms with Crippen molar-refractivity contribution in [3.8, 4) is 0 Å². The van der Waals surface area contributed by atoms with E-state index in [0.29, 0.717) is 38.8 Å². The van der Waals surface area contributed by atoms with Gasteiger partial charge in [0.15, 0.2) is 0 Å². The molecule has 2 N–H and O–H groups in total. The largest absolute Gasteiger partial charge is 0.480 e. The number of benzene rings is 2. The smallest absolute Gasteiger partial charge is 0.319 e. The lowest BCUT2D eigenvalue weighted by Gasteiger charge is -2.33. The third kappa shape index (κ3) is 3.26. The molecule has 0 saturated carbocycles. The summed E-state index contributed by atoms with van der Waals surface area (Å²) in [7, 11) is 0. The maximum Gasteiger partial charge on any atom is 0.319 e. The van der Waals surface area contributed by atoms with Crippen LogP contribution < -0.4 is 10.2 Å². The van der Waals surface area contributed by atoms with Crippen molar-refractivity contribution < 1.29 is 14.7 Å². The number of carboxylic acid groups (broad SMARTS) is 1. The SMILES string of the molecule is O=C(O)C1(CCCN2c3ccccc3CCc3ccccc32)CCCNC1=O. The van der Waals surface area contributed by atoms with Gasteiger partial charge in [0.1, 0.15) is 5.41 Å². The molecule has 5 heteroatoms. The van der Waals surface area contributed by atoms with Gasteiger partial charge >= 0.3 is 5.97 Å². The minimum Gasteiger partial charge on any atom is -0.480 e. The van der Waals surface area contributed by atoms with E-state index in [1.165, 1.54) is 22.5 Å². The Bertz CT molecular complexity index is 847. The Morgan fingerprint density at radius 1 is 1.04 bits per heavy atom. The molecule has 0 spiro atoms. The zero-order chi connectivity index (χ0) is 19.6. The lowest BCUT2D eigenvalue weighted by atomic mass is 9.76. The van der Waals surface area contributed by atoms with E-state index in [0.717, 1.165) is 12.8 Å². The molecule has 2 aromatic rings. The first-order valence-electron chi connectivity index (χ1n) is 10.1. The monoisotopic (exact) mass is 378 g/mol. The second-order valence-corrected chi connectivity index (χ2v) is 7.76. The zero-order valence-corrected chi connectivity index (χ0v) is 16.0. The van der Waals surface area contributed by atoms with Crippen LogP contribution >= 0.6 is 0 Å². The molecule has 1 saturated heterocycles. The van der Waals surface area contributed by atoms with Gasteiger partial charge in [-0.05, 0) is 61.8 Å². The van der Waals surface area contributed by atoms with Crippen LogP contribution in [0.4, 0.5) is 11.4 Å². The van der Waals surface area contributed by atoms with Crippen molar-refractivity contribution in [1.29, 1.82) is 0 Å². The highest BCUT2D eigenvalue weighted by Gasteiger charge is 2.46. The molecule has 1 atom stereocenters. The molecule has 5 nitrogen and oxygen atoms in total. The number of nitrogens with zero attached hydrogens (tertiary/aromatic N) is 1. The third-order valence-corrected chi connectivity index (χ3v) is 6.12. The lowest BCUT2D eigenvalue weighted by molar-refractivity contribution is -0.158. The number of amides is 1. The predicted octanol–water partition coefficient (Wildman–Crippen LogP) is 3.68. The van der Waals surface area contributed by atoms with E-state index in [9.17, 15) is 14.7 Å². The van der Waals surface area contributed by atoms with Crippen molar-refractivity contribution in [2.45, 2.75) is 38.5 Å². The van der Waals surface area contributed by atoms with E-state index in [-0.39, 0.29) is 5.91 Å². The standard InChI is InChI=1S/C23H26N2O3/c26-21-23(22(27)28,13-5-15-24-21)14-6-16-25-19-9-3-1-7-17(19)11-12-18-8-2-4-10-20(18)25/h1-4,7-10H,5-6,11-16H2,(H,24,26)(H,27,28). The Morgan fingerprint density at radius 3 is 2.21 bits per heavy atom. The van der Waals surface area contributed by atoms with Gasteiger partial charge in [0, 0.05) is 24.5 Å². The molecule has 0 aromatic heterocycles. The number of carbonyl (C=O) groups excluding carboxylic acids is 1. The number of carbonyl (C=O) groups is 2. The van der Waals surface area contributed by atoms with Gasteiger partial charge in [0.05, 0.1) is 0 Å². The van der Waals surface area contributed by atoms with Crippen LogP contribution in [-0.2, 0) is 22.4 Å². The highest BCUT2D eigenvalue weighted by Crippen LogP contribution is 2.38. The topological polar surface area (TPSA) is 69.6 Å². The van der Waals surface area contributed by atoms with Crippen LogP contribution in [0, 0.1) is 5.41 Å². The summed E-state index contributed by atoms with van der Waals surface area (Å²) in [5.74, 6) is -1.33. The zero-order valence-electron chi connectivity index (χ0n) is 16.0. The van der Waals surface area contributed by atoms with Crippen LogP contribution in [0.3, 0.4) is 0 Å². The van der Waals surface area contributed by atoms with Gasteiger partial charge in [-0.25, -0.2) is 0 Å². The van der Waals surface area contributed by atoms with Gasteiger partial charge < -0.3 is 15.3 Å². The number of nitrogens with one attached hydrogen (secondary N) is 1. The molecular formula is C23H26N2O3. The maximum atomic E-state index is 12.4. The Kier molecular flexibility index (Phi) is 5.07. The molecular weight excluding hydrogens is 352 g/mol. The average molecular weight is 378 g/mol. The van der Waals surface area contributed by atoms with E-state index in [4.69, 9.17) is 0 Å². The van der Waals surface area contributed by atoms with Crippen LogP contribution in [0.2, 0.25) is 0 Å². The molecule has 2 aliphatic heterocycles. The van der Waals surface area contributed by atoms with Crippen molar-refractivity contribution in [3.05, 3.63) is 59.7 Å². The first-order chi connectivity index (χ1) is 13.6. The minimum absolute atomic E-state index is 0.331. The number of fused-ring (bicyclic) bond motifs is 2. The van der Waals surface area contributed by atoms with Crippen molar-refractivity contribution in [2.75, 3.05) is 18.0 Å². The van der Waals surface area contributed by atoms with E-state index < -0.39 is 11.4 Å². The van der Waals surface area contributed by atoms with E-state index in [1.807, 2.05) is 12.1 Å². The van der Waals surface area contributed by atoms with Gasteiger partial charge in [-0.15, -0.1) is 0 Å². The molecule has 1 unspecified atom stereocenters. The molecule has 1 amide bonds. The number of para-hydroxylation sites is 2. The summed E-state index contributed by atoms with van der Waals surface area (Å²) in [5.41, 5.74) is 3.70. The second kappa shape index (κ2) is 7.66. The Labute approximate surface area is 165 Å². The summed E-state index contributed by atoms with van der Waals surface area (Å²) in [6.07, 6.45) is 4.11. The second-order valence-electron chi connectivity index (χ2n) is 7.76. The molecule has 2 aromatic carbocycles. The predicted molar refractivity (Wildman–Crippen MR) is 109 cm³/mol. The molecule has 2 aliphatic rings. The van der Waals surface area contributed by atoms with Gasteiger partial charge in [-0.1, -0.05) is 36.4 Å². The van der Waals surface area contributed by atoms with Crippen molar-refractivity contribution in [3.63, 3.8) is 0 Å². The molecule has 0 radical (unpaired) electrons. The highest BCUT2D eigenvalue weighted by molar-refractivity contribution is 6.02. The van der Waals surface area contributed by atoms with Gasteiger partial charge in [0.2, 0.25) is 5.91 Å². The number of rotatable bonds is 5. The Morgan fingerprint density at radius 2 is 1.64 bits per heavy atom. The first-order valence-corrected chi connectivity index (χ1v) is 10.1. The van der Waals surface area contributed by atoms with Crippen LogP contribution in [0.15, 0.2) is 48.5 Å². The van der Waals surface area contributed by atoms with E-state index in [1.54, 1.807) is 0 Å². The molecule has 0 aliphatic carbocycles. The van der Waals surface area contributed by atoms with Crippen LogP contribution in [-0.4, -0.2) is 30.1 Å². The van der Waals surface area contributed by atoms with Crippen molar-refractivity contribution in [2.24, 2.45) is 5.41 Å². The molecule has 146 valence electrons. The molecule has 0 bridgehead atoms. The average Bonchev–Trinajstić information content (AvgIpc) is 2.87. The first kappa shape index (κ1) is 18.5. The fourth-order valence-electron chi connectivity index (χ4n) is 4.57. The van der Waals surface area contributed by atoms with Crippen LogP contribution in [0.25, 0.3) is 0 Å². The number of anilines is 2. The maximum absolute atomic E-state index is 12.4. The number of carboxylic acids is 1. The van der Waals surface area contributed by atoms with Crippen LogP contribution in [0.5, 0.6) is 0 Å².